The Kier molecular flexibility index (Phi) is 5.93. The molecule has 0 spiro atoms. The number of methoxy groups -OCH3 is 2. The second-order valence-electron chi connectivity index (χ2n) is 4.39. The third kappa shape index (κ3) is 4.11. The van der Waals surface area contributed by atoms with Crippen LogP contribution in [-0.4, -0.2) is 56.1 Å². The van der Waals surface area contributed by atoms with Gasteiger partial charge in [-0.3, -0.25) is 0 Å². The number of rotatable bonds is 3. The van der Waals surface area contributed by atoms with Gasteiger partial charge in [-0.1, -0.05) is 0 Å². The van der Waals surface area contributed by atoms with Crippen molar-refractivity contribution in [1.82, 2.24) is 0 Å². The van der Waals surface area contributed by atoms with E-state index in [2.05, 4.69) is 9.47 Å². The first-order chi connectivity index (χ1) is 11.3. The first-order valence-electron chi connectivity index (χ1n) is 6.42. The molecule has 4 nitrogen and oxygen atoms in total. The van der Waals surface area contributed by atoms with E-state index in [1.165, 1.54) is 38.5 Å². The van der Waals surface area contributed by atoms with Gasteiger partial charge in [0.05, 0.1) is 0 Å². The topological polar surface area (TPSA) is 52.6 Å². The molecule has 128 valence electrons. The number of benzene rings is 1. The van der Waals surface area contributed by atoms with Crippen LogP contribution >= 0.6 is 0 Å². The van der Waals surface area contributed by atoms with Crippen LogP contribution in [0.5, 0.6) is 0 Å². The van der Waals surface area contributed by atoms with E-state index in [1.54, 1.807) is 0 Å². The van der Waals surface area contributed by atoms with Crippen LogP contribution in [0.4, 0.5) is 13.2 Å². The normalized spacial score (nSPS) is 14.6. The summed E-state index contributed by atoms with van der Waals surface area (Å²) in [6.45, 7) is 0. The van der Waals surface area contributed by atoms with E-state index >= 15 is 0 Å². The molecule has 1 aromatic carbocycles. The second-order valence-corrected chi connectivity index (χ2v) is 10.1. The zero-order chi connectivity index (χ0) is 17.9. The molecule has 0 N–H and O–H groups in total. The zero-order valence-corrected chi connectivity index (χ0v) is 15.9. The molecule has 0 aliphatic carbocycles. The molecule has 0 atom stereocenters. The van der Waals surface area contributed by atoms with Crippen molar-refractivity contribution in [2.75, 3.05) is 14.2 Å². The van der Waals surface area contributed by atoms with Gasteiger partial charge in [0, 0.05) is 0 Å². The predicted molar refractivity (Wildman–Crippen MR) is 82.0 cm³/mol. The van der Waals surface area contributed by atoms with E-state index in [4.69, 9.17) is 0 Å². The maximum atomic E-state index is 13.1. The van der Waals surface area contributed by atoms with Crippen molar-refractivity contribution in [2.24, 2.45) is 0 Å². The van der Waals surface area contributed by atoms with E-state index in [0.29, 0.717) is 3.37 Å². The quantitative estimate of drug-likeness (QED) is 0.501. The van der Waals surface area contributed by atoms with E-state index < -0.39 is 53.6 Å². The summed E-state index contributed by atoms with van der Waals surface area (Å²) in [5, 5.41) is 0. The molecule has 0 saturated carbocycles. The van der Waals surface area contributed by atoms with Crippen LogP contribution < -0.4 is 0 Å². The third-order valence-electron chi connectivity index (χ3n) is 2.89. The van der Waals surface area contributed by atoms with E-state index in [-0.39, 0.29) is 14.5 Å². The molecular formula is C15H11F3O4Se2. The number of halogens is 3. The summed E-state index contributed by atoms with van der Waals surface area (Å²) in [6, 6.07) is 5.17. The molecule has 0 unspecified atom stereocenters. The Hall–Kier alpha value is -1.53. The minimum absolute atomic E-state index is 0.0130. The Morgan fingerprint density at radius 1 is 1.00 bits per heavy atom. The van der Waals surface area contributed by atoms with E-state index in [9.17, 15) is 22.8 Å². The van der Waals surface area contributed by atoms with Crippen LogP contribution in [0.3, 0.4) is 0 Å². The summed E-state index contributed by atoms with van der Waals surface area (Å²) < 4.78 is 49.5. The SMILES string of the molecule is COC(=O)C1=C(C(=O)OC)[Se]C(=Cc2ccccc2C(F)(F)F)[Se]1. The van der Waals surface area contributed by atoms with Crippen LogP contribution in [0, 0.1) is 0 Å². The number of carbonyl (C=O) groups excluding carboxylic acids is 2. The van der Waals surface area contributed by atoms with Gasteiger partial charge in [0.1, 0.15) is 0 Å². The maximum absolute atomic E-state index is 13.1. The molecule has 24 heavy (non-hydrogen) atoms. The van der Waals surface area contributed by atoms with Crippen molar-refractivity contribution in [3.63, 3.8) is 0 Å². The third-order valence-corrected chi connectivity index (χ3v) is 9.12. The summed E-state index contributed by atoms with van der Waals surface area (Å²) >= 11 is -1.15. The fraction of sp³-hybridized carbons (Fsp3) is 0.200. The predicted octanol–water partition coefficient (Wildman–Crippen LogP) is 1.98. The molecule has 0 amide bonds. The van der Waals surface area contributed by atoms with Gasteiger partial charge in [0.25, 0.3) is 0 Å². The standard InChI is InChI=1S/C15H11F3O4Se2/c1-21-13(19)11-12(14(20)22-2)24-10(23-11)7-8-5-3-4-6-9(8)15(16,17)18/h3-7H,1-2H3. The van der Waals surface area contributed by atoms with Crippen LogP contribution in [0.1, 0.15) is 11.1 Å². The number of hydrogen-bond donors (Lipinski definition) is 0. The summed E-state index contributed by atoms with van der Waals surface area (Å²) in [7, 11) is 2.38. The van der Waals surface area contributed by atoms with Crippen LogP contribution in [0.25, 0.3) is 6.08 Å². The molecular weight excluding hydrogens is 459 g/mol. The van der Waals surface area contributed by atoms with Crippen molar-refractivity contribution in [3.05, 3.63) is 47.7 Å². The van der Waals surface area contributed by atoms with Crippen molar-refractivity contribution in [3.8, 4) is 0 Å². The Morgan fingerprint density at radius 2 is 1.50 bits per heavy atom. The number of carbonyl (C=O) groups is 2. The van der Waals surface area contributed by atoms with Gasteiger partial charge >= 0.3 is 148 Å². The van der Waals surface area contributed by atoms with Gasteiger partial charge in [0.15, 0.2) is 0 Å². The molecule has 0 fully saturated rings. The fourth-order valence-electron chi connectivity index (χ4n) is 1.84. The minimum atomic E-state index is -4.48. The van der Waals surface area contributed by atoms with Crippen molar-refractivity contribution in [1.29, 1.82) is 0 Å². The van der Waals surface area contributed by atoms with Crippen molar-refractivity contribution < 1.29 is 32.2 Å². The molecule has 0 radical (unpaired) electrons. The first kappa shape index (κ1) is 18.8. The fourth-order valence-corrected chi connectivity index (χ4v) is 8.17. The Balaban J connectivity index is 2.39. The second kappa shape index (κ2) is 7.57. The van der Waals surface area contributed by atoms with Gasteiger partial charge in [-0.05, 0) is 0 Å². The van der Waals surface area contributed by atoms with Gasteiger partial charge in [-0.15, -0.1) is 0 Å². The van der Waals surface area contributed by atoms with E-state index in [0.717, 1.165) is 6.07 Å². The van der Waals surface area contributed by atoms with Gasteiger partial charge in [-0.2, -0.15) is 0 Å². The molecule has 1 aliphatic heterocycles. The van der Waals surface area contributed by atoms with Gasteiger partial charge in [0.2, 0.25) is 0 Å². The van der Waals surface area contributed by atoms with Gasteiger partial charge < -0.3 is 0 Å². The molecule has 1 aliphatic rings. The summed E-state index contributed by atoms with van der Waals surface area (Å²) in [5.41, 5.74) is -0.741. The van der Waals surface area contributed by atoms with Crippen LogP contribution in [-0.2, 0) is 25.2 Å². The summed E-state index contributed by atoms with van der Waals surface area (Å²) in [4.78, 5) is 23.6. The van der Waals surface area contributed by atoms with Crippen LogP contribution in [0.2, 0.25) is 0 Å². The average molecular weight is 470 g/mol. The Labute approximate surface area is 148 Å². The number of esters is 2. The number of hydrogen-bond acceptors (Lipinski definition) is 4. The molecule has 0 aromatic heterocycles. The monoisotopic (exact) mass is 472 g/mol. The van der Waals surface area contributed by atoms with E-state index in [1.807, 2.05) is 0 Å². The molecule has 0 saturated heterocycles. The average Bonchev–Trinajstić information content (AvgIpc) is 2.96. The summed E-state index contributed by atoms with van der Waals surface area (Å²) in [5.74, 6) is -1.30. The molecule has 1 aromatic rings. The number of ether oxygens (including phenoxy) is 2. The van der Waals surface area contributed by atoms with Gasteiger partial charge in [-0.25, -0.2) is 0 Å². The molecule has 2 rings (SSSR count). The molecule has 0 bridgehead atoms. The van der Waals surface area contributed by atoms with Crippen molar-refractivity contribution in [2.45, 2.75) is 6.18 Å². The molecule has 9 heteroatoms. The summed E-state index contributed by atoms with van der Waals surface area (Å²) in [6.07, 6.45) is -3.07. The first-order valence-corrected chi connectivity index (χ1v) is 9.85. The van der Waals surface area contributed by atoms with Crippen LogP contribution in [0.15, 0.2) is 36.6 Å². The van der Waals surface area contributed by atoms with Crippen molar-refractivity contribution >= 4 is 47.9 Å². The Morgan fingerprint density at radius 3 is 1.96 bits per heavy atom. The molecule has 1 heterocycles. The zero-order valence-electron chi connectivity index (χ0n) is 12.5. The number of alkyl halides is 3. The Bertz CT molecular complexity index is 708.